The van der Waals surface area contributed by atoms with Gasteiger partial charge in [-0.2, -0.15) is 5.10 Å². The fourth-order valence-corrected chi connectivity index (χ4v) is 2.47. The Kier molecular flexibility index (Phi) is 7.09. The first kappa shape index (κ1) is 20.1. The first-order valence-corrected chi connectivity index (χ1v) is 8.36. The predicted octanol–water partition coefficient (Wildman–Crippen LogP) is 2.45. The van der Waals surface area contributed by atoms with Gasteiger partial charge in [-0.15, -0.1) is 0 Å². The molecule has 4 N–H and O–H groups in total. The zero-order valence-corrected chi connectivity index (χ0v) is 15.7. The van der Waals surface area contributed by atoms with Crippen molar-refractivity contribution in [1.29, 1.82) is 0 Å². The van der Waals surface area contributed by atoms with Gasteiger partial charge in [0, 0.05) is 21.7 Å². The van der Waals surface area contributed by atoms with E-state index >= 15 is 0 Å². The third-order valence-electron chi connectivity index (χ3n) is 3.35. The Morgan fingerprint density at radius 2 is 2.04 bits per heavy atom. The predicted molar refractivity (Wildman–Crippen MR) is 103 cm³/mol. The molecule has 0 saturated heterocycles. The van der Waals surface area contributed by atoms with Gasteiger partial charge in [0.2, 0.25) is 0 Å². The Bertz CT molecular complexity index is 912. The zero-order chi connectivity index (χ0) is 19.8. The Morgan fingerprint density at radius 3 is 2.74 bits per heavy atom. The number of hydrogen-bond acceptors (Lipinski definition) is 6. The van der Waals surface area contributed by atoms with Crippen molar-refractivity contribution in [3.63, 3.8) is 0 Å². The van der Waals surface area contributed by atoms with Gasteiger partial charge in [-0.3, -0.25) is 14.8 Å². The lowest BCUT2D eigenvalue weighted by Gasteiger charge is -2.06. The largest absolute Gasteiger partial charge is 0.504 e. The number of carbonyl (C=O) groups is 2. The second-order valence-electron chi connectivity index (χ2n) is 5.18. The van der Waals surface area contributed by atoms with Crippen LogP contribution in [0, 0.1) is 0 Å². The summed E-state index contributed by atoms with van der Waals surface area (Å²) in [6, 6.07) is 9.52. The molecule has 27 heavy (non-hydrogen) atoms. The van der Waals surface area contributed by atoms with E-state index in [2.05, 4.69) is 26.5 Å². The summed E-state index contributed by atoms with van der Waals surface area (Å²) in [4.78, 5) is 23.2. The van der Waals surface area contributed by atoms with Crippen LogP contribution in [0.5, 0.6) is 11.5 Å². The number of ether oxygens (including phenoxy) is 1. The number of hydrogen-bond donors (Lipinski definition) is 4. The molecule has 0 unspecified atom stereocenters. The van der Waals surface area contributed by atoms with Crippen molar-refractivity contribution in [3.05, 3.63) is 63.6 Å². The number of benzene rings is 2. The molecule has 0 radical (unpaired) electrons. The molecule has 0 aliphatic carbocycles. The summed E-state index contributed by atoms with van der Waals surface area (Å²) in [5.74, 6) is -0.873. The number of methoxy groups -OCH3 is 1. The van der Waals surface area contributed by atoms with Gasteiger partial charge in [0.05, 0.1) is 13.3 Å². The summed E-state index contributed by atoms with van der Waals surface area (Å²) in [6.45, 7) is 0. The number of nitrogens with one attached hydrogen (secondary N) is 2. The van der Waals surface area contributed by atoms with Gasteiger partial charge in [-0.25, -0.2) is 10.9 Å². The summed E-state index contributed by atoms with van der Waals surface area (Å²) in [6.07, 6.45) is 3.98. The minimum Gasteiger partial charge on any atom is -0.504 e. The van der Waals surface area contributed by atoms with Crippen molar-refractivity contribution in [2.45, 2.75) is 0 Å². The molecule has 140 valence electrons. The summed E-state index contributed by atoms with van der Waals surface area (Å²) in [5.41, 5.74) is 5.40. The average molecular weight is 434 g/mol. The number of phenols is 1. The van der Waals surface area contributed by atoms with Gasteiger partial charge in [0.15, 0.2) is 11.5 Å². The van der Waals surface area contributed by atoms with Gasteiger partial charge in [-0.05, 0) is 51.8 Å². The van der Waals surface area contributed by atoms with Crippen molar-refractivity contribution < 1.29 is 24.6 Å². The first-order chi connectivity index (χ1) is 12.9. The Hall–Kier alpha value is -3.17. The van der Waals surface area contributed by atoms with Crippen LogP contribution < -0.4 is 15.6 Å². The van der Waals surface area contributed by atoms with Crippen LogP contribution in [0.15, 0.2) is 52.0 Å². The van der Waals surface area contributed by atoms with E-state index in [4.69, 9.17) is 9.94 Å². The number of nitrogens with zero attached hydrogens (tertiary/aromatic N) is 1. The average Bonchev–Trinajstić information content (AvgIpc) is 2.67. The molecular weight excluding hydrogens is 418 g/mol. The lowest BCUT2D eigenvalue weighted by atomic mass is 10.1. The topological polar surface area (TPSA) is 120 Å². The van der Waals surface area contributed by atoms with Crippen molar-refractivity contribution >= 4 is 40.0 Å². The maximum atomic E-state index is 12.2. The normalized spacial score (nSPS) is 10.9. The summed E-state index contributed by atoms with van der Waals surface area (Å²) in [7, 11) is 1.43. The van der Waals surface area contributed by atoms with Crippen molar-refractivity contribution in [1.82, 2.24) is 10.9 Å². The number of hydroxylamine groups is 1. The molecule has 8 nitrogen and oxygen atoms in total. The number of carbonyl (C=O) groups excluding carboxylic acids is 2. The van der Waals surface area contributed by atoms with Crippen LogP contribution in [-0.4, -0.2) is 35.5 Å². The highest BCUT2D eigenvalue weighted by Crippen LogP contribution is 2.31. The van der Waals surface area contributed by atoms with Crippen LogP contribution in [0.25, 0.3) is 6.08 Å². The smallest absolute Gasteiger partial charge is 0.271 e. The monoisotopic (exact) mass is 433 g/mol. The molecule has 0 heterocycles. The van der Waals surface area contributed by atoms with E-state index in [-0.39, 0.29) is 11.5 Å². The van der Waals surface area contributed by atoms with Crippen LogP contribution in [0.1, 0.15) is 21.5 Å². The van der Waals surface area contributed by atoms with E-state index in [0.717, 1.165) is 6.08 Å². The van der Waals surface area contributed by atoms with Crippen LogP contribution in [-0.2, 0) is 4.79 Å². The summed E-state index contributed by atoms with van der Waals surface area (Å²) in [5, 5.41) is 22.0. The molecule has 2 aromatic carbocycles. The third-order valence-corrected chi connectivity index (χ3v) is 4.04. The van der Waals surface area contributed by atoms with Crippen molar-refractivity contribution in [2.24, 2.45) is 5.10 Å². The quantitative estimate of drug-likeness (QED) is 0.241. The minimum atomic E-state index is -0.677. The van der Waals surface area contributed by atoms with E-state index in [9.17, 15) is 14.7 Å². The van der Waals surface area contributed by atoms with Gasteiger partial charge in [-0.1, -0.05) is 12.1 Å². The number of rotatable bonds is 6. The van der Waals surface area contributed by atoms with Crippen LogP contribution in [0.3, 0.4) is 0 Å². The van der Waals surface area contributed by atoms with Crippen molar-refractivity contribution in [3.8, 4) is 11.5 Å². The van der Waals surface area contributed by atoms with E-state index < -0.39 is 11.8 Å². The molecule has 2 aromatic rings. The highest BCUT2D eigenvalue weighted by molar-refractivity contribution is 9.10. The molecule has 2 rings (SSSR count). The third kappa shape index (κ3) is 5.66. The molecular formula is C18H16BrN3O5. The molecule has 2 amide bonds. The highest BCUT2D eigenvalue weighted by Gasteiger charge is 2.07. The van der Waals surface area contributed by atoms with Gasteiger partial charge in [0.1, 0.15) is 0 Å². The molecule has 0 bridgehead atoms. The van der Waals surface area contributed by atoms with E-state index in [1.165, 1.54) is 30.9 Å². The van der Waals surface area contributed by atoms with Crippen LogP contribution >= 0.6 is 15.9 Å². The summed E-state index contributed by atoms with van der Waals surface area (Å²) >= 11 is 3.29. The summed E-state index contributed by atoms with van der Waals surface area (Å²) < 4.78 is 5.60. The second kappa shape index (κ2) is 9.51. The fourth-order valence-electron chi connectivity index (χ4n) is 2.04. The van der Waals surface area contributed by atoms with E-state index in [0.29, 0.717) is 21.2 Å². The SMILES string of the molecule is COc1cc(C=NNC(=O)c2cccc(C=CC(=O)NO)c2)c(Br)cc1O. The Morgan fingerprint density at radius 1 is 1.26 bits per heavy atom. The van der Waals surface area contributed by atoms with Gasteiger partial charge in [0.25, 0.3) is 11.8 Å². The second-order valence-corrected chi connectivity index (χ2v) is 6.03. The molecule has 0 fully saturated rings. The minimum absolute atomic E-state index is 0.0229. The van der Waals surface area contributed by atoms with E-state index in [1.807, 2.05) is 0 Å². The number of hydrazone groups is 1. The molecule has 0 spiro atoms. The zero-order valence-electron chi connectivity index (χ0n) is 14.1. The highest BCUT2D eigenvalue weighted by atomic mass is 79.9. The van der Waals surface area contributed by atoms with Crippen molar-refractivity contribution in [2.75, 3.05) is 7.11 Å². The molecule has 0 aliphatic heterocycles. The van der Waals surface area contributed by atoms with Gasteiger partial charge < -0.3 is 9.84 Å². The fraction of sp³-hybridized carbons (Fsp3) is 0.0556. The first-order valence-electron chi connectivity index (χ1n) is 7.56. The molecule has 0 saturated carbocycles. The Labute approximate surface area is 163 Å². The maximum Gasteiger partial charge on any atom is 0.271 e. The number of phenolic OH excluding ortho intramolecular Hbond substituents is 1. The van der Waals surface area contributed by atoms with E-state index in [1.54, 1.807) is 30.3 Å². The van der Waals surface area contributed by atoms with Crippen LogP contribution in [0.2, 0.25) is 0 Å². The maximum absolute atomic E-state index is 12.2. The molecule has 9 heteroatoms. The molecule has 0 aliphatic rings. The molecule has 0 aromatic heterocycles. The Balaban J connectivity index is 2.09. The van der Waals surface area contributed by atoms with Crippen LogP contribution in [0.4, 0.5) is 0 Å². The van der Waals surface area contributed by atoms with Gasteiger partial charge >= 0.3 is 0 Å². The number of halogens is 1. The number of amides is 2. The molecule has 0 atom stereocenters. The standard InChI is InChI=1S/C18H16BrN3O5/c1-27-16-8-13(14(19)9-15(16)23)10-20-21-18(25)12-4-2-3-11(7-12)5-6-17(24)22-26/h2-10,23,26H,1H3,(H,21,25)(H,22,24). The number of aromatic hydroxyl groups is 1. The lowest BCUT2D eigenvalue weighted by Crippen LogP contribution is -2.17. The lowest BCUT2D eigenvalue weighted by molar-refractivity contribution is -0.124.